The summed E-state index contributed by atoms with van der Waals surface area (Å²) in [5.74, 6) is 0.136. The maximum absolute atomic E-state index is 12.1. The van der Waals surface area contributed by atoms with Crippen LogP contribution in [0.4, 0.5) is 17.3 Å². The minimum atomic E-state index is -0.551. The fourth-order valence-electron chi connectivity index (χ4n) is 3.37. The summed E-state index contributed by atoms with van der Waals surface area (Å²) in [6.07, 6.45) is 1.99. The van der Waals surface area contributed by atoms with E-state index >= 15 is 0 Å². The van der Waals surface area contributed by atoms with Crippen LogP contribution in [0.15, 0.2) is 60.9 Å². The summed E-state index contributed by atoms with van der Waals surface area (Å²) in [6.45, 7) is 0.835. The number of hydrogen-bond acceptors (Lipinski definition) is 8. The van der Waals surface area contributed by atoms with Crippen LogP contribution in [0.1, 0.15) is 11.1 Å². The summed E-state index contributed by atoms with van der Waals surface area (Å²) in [6, 6.07) is 16.8. The second kappa shape index (κ2) is 9.08. The number of benzene rings is 2. The molecule has 0 radical (unpaired) electrons. The first kappa shape index (κ1) is 20.1. The van der Waals surface area contributed by atoms with Crippen molar-refractivity contribution >= 4 is 23.2 Å². The van der Waals surface area contributed by atoms with Crippen LogP contribution in [0.25, 0.3) is 0 Å². The summed E-state index contributed by atoms with van der Waals surface area (Å²) in [5, 5.41) is 11.8. The highest BCUT2D eigenvalue weighted by molar-refractivity contribution is 5.80. The summed E-state index contributed by atoms with van der Waals surface area (Å²) < 4.78 is 5.36. The van der Waals surface area contributed by atoms with Gasteiger partial charge < -0.3 is 9.64 Å². The first-order chi connectivity index (χ1) is 15.1. The van der Waals surface area contributed by atoms with Gasteiger partial charge in [-0.2, -0.15) is 0 Å². The number of hydrazine groups is 1. The smallest absolute Gasteiger partial charge is 0.355 e. The highest BCUT2D eigenvalue weighted by atomic mass is 16.6. The predicted molar refractivity (Wildman–Crippen MR) is 114 cm³/mol. The van der Waals surface area contributed by atoms with E-state index in [-0.39, 0.29) is 23.9 Å². The number of rotatable bonds is 7. The van der Waals surface area contributed by atoms with Gasteiger partial charge in [-0.05, 0) is 29.7 Å². The minimum Gasteiger partial charge on any atom is -0.484 e. The molecule has 3 aromatic rings. The van der Waals surface area contributed by atoms with Gasteiger partial charge in [-0.15, -0.1) is 0 Å². The quantitative estimate of drug-likeness (QED) is 0.441. The largest absolute Gasteiger partial charge is 0.484 e. The van der Waals surface area contributed by atoms with Crippen LogP contribution in [0, 0.1) is 10.1 Å². The van der Waals surface area contributed by atoms with Gasteiger partial charge >= 0.3 is 5.69 Å². The number of hydrogen-bond donors (Lipinski definition) is 2. The standard InChI is InChI=1S/C21H20N6O4/c28-18(13-31-17-8-2-1-3-9-17)24-25-20-19(27(29)30)21(23-14-22-20)26-11-10-15-6-4-5-7-16(15)12-26/h1-9,14H,10-13H2,(H,24,28)(H,22,23,25). The van der Waals surface area contributed by atoms with Crippen molar-refractivity contribution in [3.05, 3.63) is 82.2 Å². The molecule has 2 N–H and O–H groups in total. The van der Waals surface area contributed by atoms with E-state index in [9.17, 15) is 14.9 Å². The third-order valence-corrected chi connectivity index (χ3v) is 4.85. The Morgan fingerprint density at radius 3 is 2.61 bits per heavy atom. The lowest BCUT2D eigenvalue weighted by atomic mass is 10.00. The molecule has 0 aliphatic carbocycles. The summed E-state index contributed by atoms with van der Waals surface area (Å²) in [5.41, 5.74) is 6.93. The SMILES string of the molecule is O=C(COc1ccccc1)NNc1ncnc(N2CCc3ccccc3C2)c1[N+](=O)[O-]. The number of carbonyl (C=O) groups is 1. The second-order valence-electron chi connectivity index (χ2n) is 6.87. The Morgan fingerprint density at radius 1 is 1.10 bits per heavy atom. The van der Waals surface area contributed by atoms with E-state index in [1.165, 1.54) is 11.9 Å². The number of nitrogens with one attached hydrogen (secondary N) is 2. The molecule has 1 aromatic heterocycles. The summed E-state index contributed by atoms with van der Waals surface area (Å²) >= 11 is 0. The Labute approximate surface area is 178 Å². The van der Waals surface area contributed by atoms with Gasteiger partial charge in [-0.3, -0.25) is 25.8 Å². The lowest BCUT2D eigenvalue weighted by molar-refractivity contribution is -0.383. The van der Waals surface area contributed by atoms with Crippen LogP contribution in [-0.4, -0.2) is 34.0 Å². The average molecular weight is 420 g/mol. The molecule has 0 atom stereocenters. The molecule has 158 valence electrons. The molecule has 4 rings (SSSR count). The van der Waals surface area contributed by atoms with E-state index in [2.05, 4.69) is 26.9 Å². The number of nitro groups is 1. The maximum atomic E-state index is 12.1. The molecule has 1 amide bonds. The van der Waals surface area contributed by atoms with Crippen molar-refractivity contribution in [3.8, 4) is 5.75 Å². The molecule has 1 aliphatic rings. The van der Waals surface area contributed by atoms with Crippen molar-refractivity contribution in [2.45, 2.75) is 13.0 Å². The molecule has 0 spiro atoms. The molecule has 10 nitrogen and oxygen atoms in total. The Hall–Kier alpha value is -4.21. The third kappa shape index (κ3) is 4.69. The van der Waals surface area contributed by atoms with Gasteiger partial charge in [0.25, 0.3) is 5.91 Å². The zero-order valence-electron chi connectivity index (χ0n) is 16.5. The first-order valence-electron chi connectivity index (χ1n) is 9.65. The van der Waals surface area contributed by atoms with Crippen molar-refractivity contribution in [1.82, 2.24) is 15.4 Å². The highest BCUT2D eigenvalue weighted by Gasteiger charge is 2.29. The van der Waals surface area contributed by atoms with Crippen LogP contribution in [0.2, 0.25) is 0 Å². The van der Waals surface area contributed by atoms with E-state index < -0.39 is 10.8 Å². The number of ether oxygens (including phenoxy) is 1. The predicted octanol–water partition coefficient (Wildman–Crippen LogP) is 2.47. The van der Waals surface area contributed by atoms with Crippen LogP contribution >= 0.6 is 0 Å². The minimum absolute atomic E-state index is 0.0954. The zero-order valence-corrected chi connectivity index (χ0v) is 16.5. The Morgan fingerprint density at radius 2 is 1.84 bits per heavy atom. The number of nitrogens with zero attached hydrogens (tertiary/aromatic N) is 4. The monoisotopic (exact) mass is 420 g/mol. The average Bonchev–Trinajstić information content (AvgIpc) is 2.81. The molecule has 0 bridgehead atoms. The van der Waals surface area contributed by atoms with Gasteiger partial charge in [0, 0.05) is 13.1 Å². The molecule has 0 saturated heterocycles. The molecule has 0 saturated carbocycles. The lowest BCUT2D eigenvalue weighted by Crippen LogP contribution is -2.35. The van der Waals surface area contributed by atoms with Gasteiger partial charge in [0.15, 0.2) is 6.61 Å². The van der Waals surface area contributed by atoms with Crippen molar-refractivity contribution in [1.29, 1.82) is 0 Å². The fraction of sp³-hybridized carbons (Fsp3) is 0.190. The topological polar surface area (TPSA) is 123 Å². The highest BCUT2D eigenvalue weighted by Crippen LogP contribution is 2.34. The van der Waals surface area contributed by atoms with Crippen molar-refractivity contribution in [2.75, 3.05) is 23.5 Å². The molecule has 0 fully saturated rings. The number of para-hydroxylation sites is 1. The number of aromatic nitrogens is 2. The molecule has 0 unspecified atom stereocenters. The Balaban J connectivity index is 1.46. The fourth-order valence-corrected chi connectivity index (χ4v) is 3.37. The van der Waals surface area contributed by atoms with Gasteiger partial charge in [0.2, 0.25) is 11.6 Å². The zero-order chi connectivity index (χ0) is 21.6. The van der Waals surface area contributed by atoms with Crippen molar-refractivity contribution in [2.24, 2.45) is 0 Å². The molecule has 2 heterocycles. The maximum Gasteiger partial charge on any atom is 0.355 e. The van der Waals surface area contributed by atoms with Crippen LogP contribution < -0.4 is 20.5 Å². The van der Waals surface area contributed by atoms with Gasteiger partial charge in [0.05, 0.1) is 4.92 Å². The molecule has 10 heteroatoms. The van der Waals surface area contributed by atoms with Crippen molar-refractivity contribution < 1.29 is 14.5 Å². The van der Waals surface area contributed by atoms with Crippen LogP contribution in [0.5, 0.6) is 5.75 Å². The molecule has 1 aliphatic heterocycles. The molecular weight excluding hydrogens is 400 g/mol. The number of amides is 1. The number of fused-ring (bicyclic) bond motifs is 1. The van der Waals surface area contributed by atoms with E-state index in [0.29, 0.717) is 18.8 Å². The van der Waals surface area contributed by atoms with E-state index in [1.54, 1.807) is 24.3 Å². The normalized spacial score (nSPS) is 12.6. The van der Waals surface area contributed by atoms with E-state index in [4.69, 9.17) is 4.74 Å². The number of anilines is 2. The lowest BCUT2D eigenvalue weighted by Gasteiger charge is -2.29. The third-order valence-electron chi connectivity index (χ3n) is 4.85. The van der Waals surface area contributed by atoms with E-state index in [0.717, 1.165) is 12.0 Å². The first-order valence-corrected chi connectivity index (χ1v) is 9.65. The molecule has 2 aromatic carbocycles. The summed E-state index contributed by atoms with van der Waals surface area (Å²) in [7, 11) is 0. The molecule has 31 heavy (non-hydrogen) atoms. The van der Waals surface area contributed by atoms with Gasteiger partial charge in [0.1, 0.15) is 12.1 Å². The number of carbonyl (C=O) groups excluding carboxylic acids is 1. The second-order valence-corrected chi connectivity index (χ2v) is 6.87. The van der Waals surface area contributed by atoms with Crippen LogP contribution in [-0.2, 0) is 17.8 Å². The molecular formula is C21H20N6O4. The van der Waals surface area contributed by atoms with E-state index in [1.807, 2.05) is 29.2 Å². The van der Waals surface area contributed by atoms with Gasteiger partial charge in [-0.25, -0.2) is 9.97 Å². The summed E-state index contributed by atoms with van der Waals surface area (Å²) in [4.78, 5) is 33.3. The van der Waals surface area contributed by atoms with Gasteiger partial charge in [-0.1, -0.05) is 42.5 Å². The Bertz CT molecular complexity index is 1090. The Kier molecular flexibility index (Phi) is 5.88. The van der Waals surface area contributed by atoms with Crippen molar-refractivity contribution in [3.63, 3.8) is 0 Å². The van der Waals surface area contributed by atoms with Crippen LogP contribution in [0.3, 0.4) is 0 Å².